The molecule has 0 saturated carbocycles. The minimum absolute atomic E-state index is 0.0324. The van der Waals surface area contributed by atoms with Crippen LogP contribution in [0, 0.1) is 0 Å². The van der Waals surface area contributed by atoms with Gasteiger partial charge >= 0.3 is 0 Å². The summed E-state index contributed by atoms with van der Waals surface area (Å²) in [4.78, 5) is 29.8. The SMILES string of the molecule is CN1CCN(C(=O)c2c[nH]c(=O)c(Br)c2)CC1. The van der Waals surface area contributed by atoms with Crippen molar-refractivity contribution in [2.45, 2.75) is 0 Å². The average molecular weight is 300 g/mol. The van der Waals surface area contributed by atoms with Gasteiger partial charge in [0.15, 0.2) is 0 Å². The van der Waals surface area contributed by atoms with Crippen LogP contribution in [0.2, 0.25) is 0 Å². The molecule has 0 aromatic carbocycles. The first-order chi connectivity index (χ1) is 8.08. The maximum atomic E-state index is 12.1. The highest BCUT2D eigenvalue weighted by molar-refractivity contribution is 9.10. The number of nitrogens with one attached hydrogen (secondary N) is 1. The third-order valence-corrected chi connectivity index (χ3v) is 3.48. The van der Waals surface area contributed by atoms with Crippen LogP contribution in [0.3, 0.4) is 0 Å². The van der Waals surface area contributed by atoms with Crippen molar-refractivity contribution in [2.24, 2.45) is 0 Å². The zero-order valence-corrected chi connectivity index (χ0v) is 11.2. The number of aromatic nitrogens is 1. The molecule has 1 aliphatic heterocycles. The normalized spacial score (nSPS) is 17.2. The molecular weight excluding hydrogens is 286 g/mol. The first-order valence-corrected chi connectivity index (χ1v) is 6.23. The zero-order valence-electron chi connectivity index (χ0n) is 9.57. The Morgan fingerprint density at radius 2 is 2.00 bits per heavy atom. The number of carbonyl (C=O) groups excluding carboxylic acids is 1. The van der Waals surface area contributed by atoms with Crippen molar-refractivity contribution in [3.63, 3.8) is 0 Å². The number of likely N-dealkylation sites (N-methyl/N-ethyl adjacent to an activating group) is 1. The lowest BCUT2D eigenvalue weighted by Gasteiger charge is -2.32. The smallest absolute Gasteiger partial charge is 0.262 e. The molecule has 0 radical (unpaired) electrons. The van der Waals surface area contributed by atoms with E-state index in [1.54, 1.807) is 11.0 Å². The summed E-state index contributed by atoms with van der Waals surface area (Å²) < 4.78 is 0.387. The van der Waals surface area contributed by atoms with Gasteiger partial charge in [-0.25, -0.2) is 0 Å². The second kappa shape index (κ2) is 5.01. The van der Waals surface area contributed by atoms with Crippen LogP contribution in [0.15, 0.2) is 21.5 Å². The van der Waals surface area contributed by atoms with E-state index in [0.717, 1.165) is 26.2 Å². The largest absolute Gasteiger partial charge is 0.336 e. The topological polar surface area (TPSA) is 56.4 Å². The van der Waals surface area contributed by atoms with E-state index in [1.165, 1.54) is 6.20 Å². The molecular formula is C11H14BrN3O2. The van der Waals surface area contributed by atoms with E-state index in [0.29, 0.717) is 10.0 Å². The van der Waals surface area contributed by atoms with Crippen LogP contribution < -0.4 is 5.56 Å². The van der Waals surface area contributed by atoms with Gasteiger partial charge in [0.1, 0.15) is 0 Å². The number of rotatable bonds is 1. The van der Waals surface area contributed by atoms with Gasteiger partial charge in [0.05, 0.1) is 10.0 Å². The minimum atomic E-state index is -0.222. The highest BCUT2D eigenvalue weighted by Crippen LogP contribution is 2.10. The summed E-state index contributed by atoms with van der Waals surface area (Å²) in [5.74, 6) is -0.0324. The van der Waals surface area contributed by atoms with Crippen LogP contribution in [-0.4, -0.2) is 53.9 Å². The number of hydrogen-bond acceptors (Lipinski definition) is 3. The summed E-state index contributed by atoms with van der Waals surface area (Å²) in [6, 6.07) is 1.57. The number of nitrogens with zero attached hydrogens (tertiary/aromatic N) is 2. The molecule has 1 saturated heterocycles. The Bertz CT molecular complexity index is 478. The monoisotopic (exact) mass is 299 g/mol. The average Bonchev–Trinajstić information content (AvgIpc) is 2.33. The van der Waals surface area contributed by atoms with Gasteiger partial charge in [-0.1, -0.05) is 0 Å². The summed E-state index contributed by atoms with van der Waals surface area (Å²) >= 11 is 3.13. The van der Waals surface area contributed by atoms with E-state index < -0.39 is 0 Å². The van der Waals surface area contributed by atoms with Crippen LogP contribution in [0.5, 0.6) is 0 Å². The van der Waals surface area contributed by atoms with Gasteiger partial charge in [0, 0.05) is 32.4 Å². The number of amides is 1. The molecule has 6 heteroatoms. The first-order valence-electron chi connectivity index (χ1n) is 5.44. The molecule has 17 heavy (non-hydrogen) atoms. The van der Waals surface area contributed by atoms with E-state index in [2.05, 4.69) is 25.8 Å². The van der Waals surface area contributed by atoms with Gasteiger partial charge in [-0.15, -0.1) is 0 Å². The summed E-state index contributed by atoms with van der Waals surface area (Å²) in [6.07, 6.45) is 1.47. The van der Waals surface area contributed by atoms with Crippen molar-refractivity contribution < 1.29 is 4.79 Å². The number of carbonyl (C=O) groups is 1. The summed E-state index contributed by atoms with van der Waals surface area (Å²) in [5.41, 5.74) is 0.293. The van der Waals surface area contributed by atoms with Gasteiger partial charge in [-0.05, 0) is 29.0 Å². The lowest BCUT2D eigenvalue weighted by atomic mass is 10.2. The number of hydrogen-bond donors (Lipinski definition) is 1. The molecule has 1 fully saturated rings. The van der Waals surface area contributed by atoms with Gasteiger partial charge < -0.3 is 14.8 Å². The number of aromatic amines is 1. The standard InChI is InChI=1S/C11H14BrN3O2/c1-14-2-4-15(5-3-14)11(17)8-6-9(12)10(16)13-7-8/h6-7H,2-5H2,1H3,(H,13,16). The Balaban J connectivity index is 2.14. The molecule has 1 amide bonds. The fourth-order valence-electron chi connectivity index (χ4n) is 1.77. The molecule has 1 aromatic rings. The molecule has 2 heterocycles. The highest BCUT2D eigenvalue weighted by atomic mass is 79.9. The van der Waals surface area contributed by atoms with Crippen LogP contribution in [0.25, 0.3) is 0 Å². The molecule has 1 N–H and O–H groups in total. The summed E-state index contributed by atoms with van der Waals surface area (Å²) in [7, 11) is 2.04. The third-order valence-electron chi connectivity index (χ3n) is 2.90. The second-order valence-electron chi connectivity index (χ2n) is 4.16. The van der Waals surface area contributed by atoms with Crippen molar-refractivity contribution in [3.8, 4) is 0 Å². The predicted octanol–water partition coefficient (Wildman–Crippen LogP) is 0.525. The van der Waals surface area contributed by atoms with Crippen molar-refractivity contribution in [1.29, 1.82) is 0 Å². The quantitative estimate of drug-likeness (QED) is 0.823. The molecule has 92 valence electrons. The fourth-order valence-corrected chi connectivity index (χ4v) is 2.13. The fraction of sp³-hybridized carbons (Fsp3) is 0.455. The Hall–Kier alpha value is -1.14. The lowest BCUT2D eigenvalue weighted by Crippen LogP contribution is -2.47. The Morgan fingerprint density at radius 1 is 1.35 bits per heavy atom. The van der Waals surface area contributed by atoms with Crippen LogP contribution in [0.1, 0.15) is 10.4 Å². The number of pyridine rings is 1. The Kier molecular flexibility index (Phi) is 3.63. The van der Waals surface area contributed by atoms with Crippen molar-refractivity contribution in [1.82, 2.24) is 14.8 Å². The molecule has 0 unspecified atom stereocenters. The van der Waals surface area contributed by atoms with E-state index in [9.17, 15) is 9.59 Å². The second-order valence-corrected chi connectivity index (χ2v) is 5.02. The molecule has 5 nitrogen and oxygen atoms in total. The van der Waals surface area contributed by atoms with E-state index >= 15 is 0 Å². The molecule has 0 bridgehead atoms. The van der Waals surface area contributed by atoms with Crippen LogP contribution in [0.4, 0.5) is 0 Å². The van der Waals surface area contributed by atoms with Gasteiger partial charge in [-0.3, -0.25) is 9.59 Å². The molecule has 1 aliphatic rings. The van der Waals surface area contributed by atoms with Gasteiger partial charge in [0.2, 0.25) is 0 Å². The number of halogens is 1. The minimum Gasteiger partial charge on any atom is -0.336 e. The number of H-pyrrole nitrogens is 1. The molecule has 0 aliphatic carbocycles. The first kappa shape index (κ1) is 12.3. The van der Waals surface area contributed by atoms with E-state index in [4.69, 9.17) is 0 Å². The molecule has 2 rings (SSSR count). The van der Waals surface area contributed by atoms with Crippen molar-refractivity contribution in [3.05, 3.63) is 32.7 Å². The Morgan fingerprint density at radius 3 is 2.59 bits per heavy atom. The maximum Gasteiger partial charge on any atom is 0.262 e. The van der Waals surface area contributed by atoms with Crippen molar-refractivity contribution >= 4 is 21.8 Å². The van der Waals surface area contributed by atoms with Crippen LogP contribution >= 0.6 is 15.9 Å². The molecule has 0 atom stereocenters. The van der Waals surface area contributed by atoms with E-state index in [1.807, 2.05) is 7.05 Å². The van der Waals surface area contributed by atoms with Gasteiger partial charge in [0.25, 0.3) is 11.5 Å². The third kappa shape index (κ3) is 2.76. The molecule has 1 aromatic heterocycles. The summed E-state index contributed by atoms with van der Waals surface area (Å²) in [5, 5.41) is 0. The van der Waals surface area contributed by atoms with Crippen molar-refractivity contribution in [2.75, 3.05) is 33.2 Å². The maximum absolute atomic E-state index is 12.1. The van der Waals surface area contributed by atoms with Crippen LogP contribution in [-0.2, 0) is 0 Å². The molecule has 0 spiro atoms. The highest BCUT2D eigenvalue weighted by Gasteiger charge is 2.20. The zero-order chi connectivity index (χ0) is 12.4. The Labute approximate surface area is 108 Å². The number of piperazine rings is 1. The predicted molar refractivity (Wildman–Crippen MR) is 68.2 cm³/mol. The lowest BCUT2D eigenvalue weighted by molar-refractivity contribution is 0.0663. The van der Waals surface area contributed by atoms with Gasteiger partial charge in [-0.2, -0.15) is 0 Å². The summed E-state index contributed by atoms with van der Waals surface area (Å²) in [6.45, 7) is 3.23. The van der Waals surface area contributed by atoms with E-state index in [-0.39, 0.29) is 11.5 Å².